The zero-order valence-corrected chi connectivity index (χ0v) is 31.7. The number of hydrogen-bond acceptors (Lipinski definition) is 15. The average Bonchev–Trinajstić information content (AvgIpc) is 3.26. The van der Waals surface area contributed by atoms with E-state index in [2.05, 4.69) is 10.6 Å². The summed E-state index contributed by atoms with van der Waals surface area (Å²) in [5.74, 6) is 0.0177. The summed E-state index contributed by atoms with van der Waals surface area (Å²) < 4.78 is 27.7. The van der Waals surface area contributed by atoms with E-state index in [0.29, 0.717) is 22.6 Å². The maximum atomic E-state index is 12.9. The van der Waals surface area contributed by atoms with Crippen molar-refractivity contribution in [3.63, 3.8) is 0 Å². The van der Waals surface area contributed by atoms with Crippen molar-refractivity contribution in [3.8, 4) is 33.8 Å². The number of hydrogen-bond donors (Lipinski definition) is 10. The first-order chi connectivity index (χ1) is 28.5. The van der Waals surface area contributed by atoms with Crippen LogP contribution in [-0.4, -0.2) is 154 Å². The molecule has 0 unspecified atom stereocenters. The van der Waals surface area contributed by atoms with E-state index >= 15 is 0 Å². The third-order valence-electron chi connectivity index (χ3n) is 9.89. The Hall–Kier alpha value is -5.02. The molecule has 17 nitrogen and oxygen atoms in total. The van der Waals surface area contributed by atoms with Gasteiger partial charge < -0.3 is 75.2 Å². The highest BCUT2D eigenvalue weighted by Gasteiger charge is 2.45. The zero-order valence-electron chi connectivity index (χ0n) is 31.7. The molecule has 4 aromatic carbocycles. The van der Waals surface area contributed by atoms with Crippen LogP contribution in [0.4, 0.5) is 0 Å². The Bertz CT molecular complexity index is 1840. The van der Waals surface area contributed by atoms with Crippen molar-refractivity contribution in [2.75, 3.05) is 39.5 Å². The van der Waals surface area contributed by atoms with E-state index in [1.54, 1.807) is 84.9 Å². The van der Waals surface area contributed by atoms with Crippen LogP contribution in [-0.2, 0) is 14.2 Å². The molecule has 0 radical (unpaired) electrons. The number of aliphatic hydroxyl groups excluding tert-OH is 8. The molecule has 2 amide bonds. The van der Waals surface area contributed by atoms with Gasteiger partial charge in [0.2, 0.25) is 12.6 Å². The number of ether oxygens (including phenoxy) is 5. The molecule has 2 fully saturated rings. The van der Waals surface area contributed by atoms with Crippen LogP contribution < -0.4 is 20.1 Å². The molecular formula is C42H48N2O15. The first kappa shape index (κ1) is 43.6. The Labute approximate surface area is 339 Å². The van der Waals surface area contributed by atoms with Gasteiger partial charge in [-0.1, -0.05) is 48.5 Å². The third-order valence-corrected chi connectivity index (χ3v) is 9.89. The van der Waals surface area contributed by atoms with Crippen LogP contribution >= 0.6 is 0 Å². The molecule has 10 N–H and O–H groups in total. The molecule has 17 heteroatoms. The molecule has 2 heterocycles. The van der Waals surface area contributed by atoms with Gasteiger partial charge in [-0.25, -0.2) is 0 Å². The zero-order chi connectivity index (χ0) is 42.1. The summed E-state index contributed by atoms with van der Waals surface area (Å²) in [5, 5.41) is 84.9. The lowest BCUT2D eigenvalue weighted by molar-refractivity contribution is -0.277. The van der Waals surface area contributed by atoms with Crippen molar-refractivity contribution in [3.05, 3.63) is 108 Å². The van der Waals surface area contributed by atoms with Gasteiger partial charge in [0.25, 0.3) is 11.8 Å². The molecule has 0 spiro atoms. The first-order valence-electron chi connectivity index (χ1n) is 19.0. The molecule has 0 aliphatic carbocycles. The summed E-state index contributed by atoms with van der Waals surface area (Å²) in [6.07, 6.45) is -14.0. The molecule has 0 bridgehead atoms. The second-order valence-electron chi connectivity index (χ2n) is 14.0. The Kier molecular flexibility index (Phi) is 15.0. The van der Waals surface area contributed by atoms with Crippen molar-refractivity contribution in [1.82, 2.24) is 10.6 Å². The van der Waals surface area contributed by atoms with E-state index in [-0.39, 0.29) is 38.1 Å². The topological polar surface area (TPSA) is 266 Å². The molecule has 10 atom stereocenters. The summed E-state index contributed by atoms with van der Waals surface area (Å²) in [6.45, 7) is -0.252. The predicted octanol–water partition coefficient (Wildman–Crippen LogP) is -0.446. The average molecular weight is 821 g/mol. The van der Waals surface area contributed by atoms with E-state index in [1.165, 1.54) is 0 Å². The van der Waals surface area contributed by atoms with Gasteiger partial charge in [0, 0.05) is 24.2 Å². The van der Waals surface area contributed by atoms with E-state index in [9.17, 15) is 50.4 Å². The minimum atomic E-state index is -1.56. The highest BCUT2D eigenvalue weighted by atomic mass is 16.7. The molecule has 2 aliphatic rings. The van der Waals surface area contributed by atoms with Crippen molar-refractivity contribution in [2.45, 2.75) is 61.4 Å². The Morgan fingerprint density at radius 2 is 0.898 bits per heavy atom. The number of carbonyl (C=O) groups excluding carboxylic acids is 2. The highest BCUT2D eigenvalue weighted by Crippen LogP contribution is 2.29. The van der Waals surface area contributed by atoms with Crippen LogP contribution in [0.25, 0.3) is 22.3 Å². The summed E-state index contributed by atoms with van der Waals surface area (Å²) in [5.41, 5.74) is 3.91. The van der Waals surface area contributed by atoms with Crippen molar-refractivity contribution in [1.29, 1.82) is 0 Å². The maximum Gasteiger partial charge on any atom is 0.251 e. The van der Waals surface area contributed by atoms with Crippen LogP contribution in [0, 0.1) is 0 Å². The third kappa shape index (κ3) is 10.8. The van der Waals surface area contributed by atoms with Gasteiger partial charge in [0.15, 0.2) is 0 Å². The lowest BCUT2D eigenvalue weighted by Gasteiger charge is -2.39. The van der Waals surface area contributed by atoms with Crippen LogP contribution in [0.2, 0.25) is 0 Å². The van der Waals surface area contributed by atoms with Crippen molar-refractivity contribution < 1.29 is 74.1 Å². The van der Waals surface area contributed by atoms with E-state index in [4.69, 9.17) is 23.7 Å². The van der Waals surface area contributed by atoms with E-state index in [1.807, 2.05) is 12.1 Å². The fraction of sp³-hybridized carbons (Fsp3) is 0.381. The summed E-state index contributed by atoms with van der Waals surface area (Å²) in [4.78, 5) is 25.7. The maximum absolute atomic E-state index is 12.9. The van der Waals surface area contributed by atoms with Crippen LogP contribution in [0.5, 0.6) is 11.5 Å². The molecular weight excluding hydrogens is 772 g/mol. The number of benzene rings is 4. The van der Waals surface area contributed by atoms with E-state index < -0.39 is 74.6 Å². The van der Waals surface area contributed by atoms with Gasteiger partial charge in [0.1, 0.15) is 60.3 Å². The number of aliphatic hydroxyl groups is 8. The molecule has 2 saturated heterocycles. The largest absolute Gasteiger partial charge is 0.462 e. The van der Waals surface area contributed by atoms with Gasteiger partial charge in [-0.15, -0.1) is 0 Å². The van der Waals surface area contributed by atoms with Crippen LogP contribution in [0.15, 0.2) is 97.1 Å². The van der Waals surface area contributed by atoms with Crippen LogP contribution in [0.1, 0.15) is 20.7 Å². The van der Waals surface area contributed by atoms with Gasteiger partial charge in [-0.05, 0) is 70.8 Å². The highest BCUT2D eigenvalue weighted by molar-refractivity contribution is 5.96. The molecule has 2 aliphatic heterocycles. The number of carbonyl (C=O) groups is 2. The number of amides is 2. The fourth-order valence-electron chi connectivity index (χ4n) is 6.51. The first-order valence-corrected chi connectivity index (χ1v) is 19.0. The molecule has 316 valence electrons. The monoisotopic (exact) mass is 820 g/mol. The van der Waals surface area contributed by atoms with Gasteiger partial charge >= 0.3 is 0 Å². The smallest absolute Gasteiger partial charge is 0.251 e. The van der Waals surface area contributed by atoms with Crippen molar-refractivity contribution in [2.24, 2.45) is 0 Å². The summed E-state index contributed by atoms with van der Waals surface area (Å²) >= 11 is 0. The number of nitrogens with one attached hydrogen (secondary N) is 2. The lowest BCUT2D eigenvalue weighted by Crippen LogP contribution is -2.60. The number of rotatable bonds is 16. The molecule has 6 rings (SSSR count). The lowest BCUT2D eigenvalue weighted by atomic mass is 9.99. The molecule has 0 saturated carbocycles. The van der Waals surface area contributed by atoms with Crippen LogP contribution in [0.3, 0.4) is 0 Å². The van der Waals surface area contributed by atoms with Gasteiger partial charge in [0.05, 0.1) is 26.4 Å². The minimum absolute atomic E-state index is 0.211. The second-order valence-corrected chi connectivity index (χ2v) is 14.0. The van der Waals surface area contributed by atoms with Crippen molar-refractivity contribution >= 4 is 11.8 Å². The van der Waals surface area contributed by atoms with Gasteiger partial charge in [-0.2, -0.15) is 0 Å². The predicted molar refractivity (Wildman–Crippen MR) is 208 cm³/mol. The van der Waals surface area contributed by atoms with E-state index in [0.717, 1.165) is 22.3 Å². The minimum Gasteiger partial charge on any atom is -0.462 e. The normalized spacial score (nSPS) is 26.8. The standard InChI is InChI=1S/C42H48N2O15/c45-21-31-33(47)35(49)37(51)41(58-31)56-29-11-7-23(8-12-29)25-3-1-5-27(19-25)39(53)43-15-17-55-18-16-44-40(54)28-6-2-4-26(20-28)24-9-13-30(14-10-24)57-42-38(52)36(50)34(48)32(22-46)59-42/h1-14,19-20,31-38,41-42,45-52H,15-18,21-22H2,(H,43,53)(H,44,54)/t31-,32-,33-,34-,35+,36+,37+,38+,41+,42+/m1/s1. The molecule has 4 aromatic rings. The quantitative estimate of drug-likeness (QED) is 0.0642. The summed E-state index contributed by atoms with van der Waals surface area (Å²) in [6, 6.07) is 27.5. The Morgan fingerprint density at radius 1 is 0.508 bits per heavy atom. The molecule has 59 heavy (non-hydrogen) atoms. The Morgan fingerprint density at radius 3 is 1.27 bits per heavy atom. The molecule has 0 aromatic heterocycles. The second kappa shape index (κ2) is 20.3. The summed E-state index contributed by atoms with van der Waals surface area (Å²) in [7, 11) is 0. The Balaban J connectivity index is 0.903. The SMILES string of the molecule is O=C(NCCOCCNC(=O)c1cccc(-c2ccc(O[C@H]3O[C@H](CO)[C@@H](O)[C@H](O)[C@@H]3O)cc2)c1)c1cccc(-c2ccc(O[C@H]3O[C@H](CO)[C@@H](O)[C@H](O)[C@@H]3O)cc2)c1. The van der Waals surface area contributed by atoms with Gasteiger partial charge in [-0.3, -0.25) is 9.59 Å². The fourth-order valence-corrected chi connectivity index (χ4v) is 6.51.